The van der Waals surface area contributed by atoms with E-state index >= 15 is 0 Å². The molecule has 4 aromatic rings. The minimum atomic E-state index is -4.32. The highest BCUT2D eigenvalue weighted by molar-refractivity contribution is 5.95. The van der Waals surface area contributed by atoms with Crippen LogP contribution in [0.1, 0.15) is 31.5 Å². The number of anilines is 2. The molecule has 5 rings (SSSR count). The normalized spacial score (nSPS) is 19.5. The van der Waals surface area contributed by atoms with Crippen LogP contribution in [-0.2, 0) is 6.54 Å². The van der Waals surface area contributed by atoms with Crippen molar-refractivity contribution in [2.24, 2.45) is 0 Å². The molecule has 174 valence electrons. The number of aromatic nitrogens is 6. The van der Waals surface area contributed by atoms with Gasteiger partial charge in [-0.3, -0.25) is 4.68 Å². The van der Waals surface area contributed by atoms with E-state index in [1.807, 2.05) is 18.2 Å². The number of nitrogen functional groups attached to an aromatic ring is 1. The summed E-state index contributed by atoms with van der Waals surface area (Å²) in [5.41, 5.74) is 8.02. The molecule has 33 heavy (non-hydrogen) atoms. The zero-order valence-corrected chi connectivity index (χ0v) is 18.1. The molecule has 0 bridgehead atoms. The van der Waals surface area contributed by atoms with Gasteiger partial charge in [-0.25, -0.2) is 9.97 Å². The first-order valence-electron chi connectivity index (χ1n) is 10.6. The van der Waals surface area contributed by atoms with Gasteiger partial charge in [-0.15, -0.1) is 5.10 Å². The summed E-state index contributed by atoms with van der Waals surface area (Å²) in [5.74, 6) is 1.40. The first-order valence-corrected chi connectivity index (χ1v) is 10.6. The van der Waals surface area contributed by atoms with Gasteiger partial charge in [-0.2, -0.15) is 22.8 Å². The van der Waals surface area contributed by atoms with Crippen molar-refractivity contribution < 1.29 is 17.9 Å². The Bertz CT molecular complexity index is 1310. The lowest BCUT2D eigenvalue weighted by Crippen LogP contribution is -2.41. The molecule has 1 fully saturated rings. The maximum atomic E-state index is 12.7. The molecular formula is C21H23F3N8O. The van der Waals surface area contributed by atoms with Crippen molar-refractivity contribution >= 4 is 28.2 Å². The summed E-state index contributed by atoms with van der Waals surface area (Å²) in [6.45, 7) is 1.50. The van der Waals surface area contributed by atoms with Gasteiger partial charge in [-0.05, 0) is 31.9 Å². The van der Waals surface area contributed by atoms with Crippen LogP contribution in [0.3, 0.4) is 0 Å². The molecular weight excluding hydrogens is 437 g/mol. The summed E-state index contributed by atoms with van der Waals surface area (Å²) in [6.07, 6.45) is 0.278. The van der Waals surface area contributed by atoms with Crippen molar-refractivity contribution in [2.75, 3.05) is 24.3 Å². The van der Waals surface area contributed by atoms with Gasteiger partial charge in [0.1, 0.15) is 17.8 Å². The Morgan fingerprint density at radius 1 is 1.21 bits per heavy atom. The molecule has 0 unspecified atom stereocenters. The number of para-hydroxylation sites is 1. The molecule has 0 aliphatic carbocycles. The van der Waals surface area contributed by atoms with E-state index in [0.717, 1.165) is 22.9 Å². The van der Waals surface area contributed by atoms with Crippen molar-refractivity contribution in [3.8, 4) is 5.75 Å². The number of piperidine rings is 1. The quantitative estimate of drug-likeness (QED) is 0.498. The van der Waals surface area contributed by atoms with E-state index in [1.165, 1.54) is 16.9 Å². The van der Waals surface area contributed by atoms with Gasteiger partial charge in [0, 0.05) is 30.1 Å². The third-order valence-corrected chi connectivity index (χ3v) is 6.07. The minimum Gasteiger partial charge on any atom is -0.494 e. The second-order valence-corrected chi connectivity index (χ2v) is 8.32. The summed E-state index contributed by atoms with van der Waals surface area (Å²) in [7, 11) is 1.57. The van der Waals surface area contributed by atoms with Gasteiger partial charge in [0.05, 0.1) is 19.0 Å². The Morgan fingerprint density at radius 2 is 2.03 bits per heavy atom. The number of alkyl halides is 3. The molecule has 1 aromatic carbocycles. The lowest BCUT2D eigenvalue weighted by Gasteiger charge is -2.37. The zero-order valence-electron chi connectivity index (χ0n) is 18.1. The number of fused-ring (bicyclic) bond motifs is 3. The molecule has 0 amide bonds. The van der Waals surface area contributed by atoms with Crippen LogP contribution in [0, 0.1) is 0 Å². The smallest absolute Gasteiger partial charge is 0.408 e. The summed E-state index contributed by atoms with van der Waals surface area (Å²) in [6, 6.07) is 5.71. The Hall–Kier alpha value is -3.57. The molecule has 0 radical (unpaired) electrons. The van der Waals surface area contributed by atoms with Crippen LogP contribution >= 0.6 is 0 Å². The van der Waals surface area contributed by atoms with E-state index in [2.05, 4.69) is 27.0 Å². The summed E-state index contributed by atoms with van der Waals surface area (Å²) in [5, 5.41) is 9.29. The predicted octanol–water partition coefficient (Wildman–Crippen LogP) is 3.40. The molecule has 2 atom stereocenters. The monoisotopic (exact) mass is 460 g/mol. The molecule has 3 aromatic heterocycles. The molecule has 12 heteroatoms. The molecule has 4 heterocycles. The lowest BCUT2D eigenvalue weighted by atomic mass is 9.92. The highest BCUT2D eigenvalue weighted by Crippen LogP contribution is 2.34. The van der Waals surface area contributed by atoms with Crippen molar-refractivity contribution in [3.05, 3.63) is 36.4 Å². The number of nitrogens with two attached hydrogens (primary N) is 1. The first kappa shape index (κ1) is 21.3. The molecule has 0 spiro atoms. The van der Waals surface area contributed by atoms with Crippen molar-refractivity contribution in [1.82, 2.24) is 29.4 Å². The number of nitrogens with zero attached hydrogens (tertiary/aromatic N) is 7. The first-order chi connectivity index (χ1) is 15.7. The molecule has 0 saturated carbocycles. The van der Waals surface area contributed by atoms with Gasteiger partial charge in [0.15, 0.2) is 11.5 Å². The SMILES string of the molecule is COc1cccc2c1nc(N)n1nc([C@H]3CC[C@@H](C)N(c4cnn(CC(F)(F)F)c4)C3)nc21. The summed E-state index contributed by atoms with van der Waals surface area (Å²) in [4.78, 5) is 11.3. The number of benzene rings is 1. The zero-order chi connectivity index (χ0) is 23.3. The fraction of sp³-hybridized carbons (Fsp3) is 0.429. The Kier molecular flexibility index (Phi) is 5.02. The molecule has 1 aliphatic heterocycles. The van der Waals surface area contributed by atoms with Crippen LogP contribution in [0.4, 0.5) is 24.8 Å². The topological polar surface area (TPSA) is 99.4 Å². The molecule has 9 nitrogen and oxygen atoms in total. The number of hydrogen-bond acceptors (Lipinski definition) is 7. The maximum absolute atomic E-state index is 12.7. The van der Waals surface area contributed by atoms with Crippen LogP contribution in [0.15, 0.2) is 30.6 Å². The molecule has 2 N–H and O–H groups in total. The lowest BCUT2D eigenvalue weighted by molar-refractivity contribution is -0.142. The van der Waals surface area contributed by atoms with Crippen molar-refractivity contribution in [1.29, 1.82) is 0 Å². The van der Waals surface area contributed by atoms with Crippen molar-refractivity contribution in [3.63, 3.8) is 0 Å². The number of methoxy groups -OCH3 is 1. The second-order valence-electron chi connectivity index (χ2n) is 8.32. The van der Waals surface area contributed by atoms with Crippen LogP contribution < -0.4 is 15.4 Å². The predicted molar refractivity (Wildman–Crippen MR) is 116 cm³/mol. The van der Waals surface area contributed by atoms with Gasteiger partial charge in [0.25, 0.3) is 0 Å². The van der Waals surface area contributed by atoms with Gasteiger partial charge >= 0.3 is 6.18 Å². The minimum absolute atomic E-state index is 0.0212. The largest absolute Gasteiger partial charge is 0.494 e. The van der Waals surface area contributed by atoms with Crippen LogP contribution in [0.2, 0.25) is 0 Å². The second kappa shape index (κ2) is 7.78. The standard InChI is InChI=1S/C21H23F3N8O/c1-12-6-7-13(9-31(12)14-8-26-30(10-14)11-21(22,23)24)18-28-19-15-4-3-5-16(33-2)17(15)27-20(25)32(19)29-18/h3-5,8,10,12-13H,6-7,9,11H2,1-2H3,(H2,25,27)/t12-,13+/m1/s1. The maximum Gasteiger partial charge on any atom is 0.408 e. The van der Waals surface area contributed by atoms with Crippen LogP contribution in [-0.4, -0.2) is 55.2 Å². The highest BCUT2D eigenvalue weighted by Gasteiger charge is 2.32. The van der Waals surface area contributed by atoms with E-state index in [-0.39, 0.29) is 17.9 Å². The van der Waals surface area contributed by atoms with Gasteiger partial charge in [-0.1, -0.05) is 6.07 Å². The number of halogens is 3. The fourth-order valence-electron chi connectivity index (χ4n) is 4.43. The van der Waals surface area contributed by atoms with Crippen LogP contribution in [0.25, 0.3) is 16.6 Å². The third kappa shape index (κ3) is 3.89. The number of ether oxygens (including phenoxy) is 1. The summed E-state index contributed by atoms with van der Waals surface area (Å²) >= 11 is 0. The van der Waals surface area contributed by atoms with Gasteiger partial charge < -0.3 is 15.4 Å². The van der Waals surface area contributed by atoms with E-state index < -0.39 is 12.7 Å². The average Bonchev–Trinajstić information content (AvgIpc) is 3.41. The van der Waals surface area contributed by atoms with E-state index in [4.69, 9.17) is 15.5 Å². The Balaban J connectivity index is 1.47. The van der Waals surface area contributed by atoms with Gasteiger partial charge in [0.2, 0.25) is 5.95 Å². The van der Waals surface area contributed by atoms with E-state index in [1.54, 1.807) is 7.11 Å². The highest BCUT2D eigenvalue weighted by atomic mass is 19.4. The van der Waals surface area contributed by atoms with E-state index in [0.29, 0.717) is 35.0 Å². The van der Waals surface area contributed by atoms with Crippen molar-refractivity contribution in [2.45, 2.75) is 44.4 Å². The Labute approximate surface area is 187 Å². The Morgan fingerprint density at radius 3 is 2.79 bits per heavy atom. The number of hydrogen-bond donors (Lipinski definition) is 1. The number of rotatable bonds is 4. The summed E-state index contributed by atoms with van der Waals surface area (Å²) < 4.78 is 46.0. The average molecular weight is 460 g/mol. The fourth-order valence-corrected chi connectivity index (χ4v) is 4.43. The van der Waals surface area contributed by atoms with E-state index in [9.17, 15) is 13.2 Å². The molecule has 1 saturated heterocycles. The third-order valence-electron chi connectivity index (χ3n) is 6.07. The van der Waals surface area contributed by atoms with Crippen LogP contribution in [0.5, 0.6) is 5.75 Å². The molecule has 1 aliphatic rings.